The Labute approximate surface area is 64.2 Å². The molecular weight excluding hydrogens is 165 g/mol. The van der Waals surface area contributed by atoms with Crippen LogP contribution in [0.15, 0.2) is 29.4 Å². The Bertz CT molecular complexity index is 294. The molecule has 1 aromatic rings. The van der Waals surface area contributed by atoms with Gasteiger partial charge in [0.1, 0.15) is 0 Å². The summed E-state index contributed by atoms with van der Waals surface area (Å²) < 4.78 is 9.92. The van der Waals surface area contributed by atoms with Crippen LogP contribution in [-0.4, -0.2) is 4.98 Å². The van der Waals surface area contributed by atoms with Gasteiger partial charge in [0.15, 0.2) is 0 Å². The van der Waals surface area contributed by atoms with Crippen LogP contribution in [-0.2, 0) is 4.57 Å². The topological polar surface area (TPSA) is 30.0 Å². The monoisotopic (exact) mass is 169 g/mol. The van der Waals surface area contributed by atoms with Crippen LogP contribution in [0.5, 0.6) is 0 Å². The Morgan fingerprint density at radius 2 is 2.50 bits per heavy atom. The van der Waals surface area contributed by atoms with Crippen LogP contribution in [0.1, 0.15) is 0 Å². The summed E-state index contributed by atoms with van der Waals surface area (Å²) >= 11 is 1.23. The molecular formula is C6H4NOPS. The standard InChI is InChI=1S/C6H4NOPS/c8-9-5-10-6-3-1-2-4-7-6/h1-4H. The van der Waals surface area contributed by atoms with Crippen LogP contribution in [0.3, 0.4) is 0 Å². The molecule has 0 N–H and O–H groups in total. The summed E-state index contributed by atoms with van der Waals surface area (Å²) in [5, 5.41) is 0.811. The van der Waals surface area contributed by atoms with Gasteiger partial charge in [0, 0.05) is 0 Å². The van der Waals surface area contributed by atoms with Gasteiger partial charge < -0.3 is 0 Å². The first-order valence-corrected chi connectivity index (χ1v) is 4.21. The van der Waals surface area contributed by atoms with Gasteiger partial charge in [-0.3, -0.25) is 0 Å². The van der Waals surface area contributed by atoms with Crippen molar-refractivity contribution in [3.8, 4) is 4.96 Å². The summed E-state index contributed by atoms with van der Waals surface area (Å²) in [5.41, 5.74) is 0. The number of hydrogen-bond donors (Lipinski definition) is 0. The average molecular weight is 169 g/mol. The van der Waals surface area contributed by atoms with E-state index in [1.165, 1.54) is 11.8 Å². The predicted molar refractivity (Wildman–Crippen MR) is 41.6 cm³/mol. The predicted octanol–water partition coefficient (Wildman–Crippen LogP) is 2.38. The summed E-state index contributed by atoms with van der Waals surface area (Å²) in [6, 6.07) is 5.54. The number of nitrogens with zero attached hydrogens (tertiary/aromatic N) is 1. The van der Waals surface area contributed by atoms with Gasteiger partial charge in [0.2, 0.25) is 0 Å². The van der Waals surface area contributed by atoms with Crippen molar-refractivity contribution >= 4 is 19.7 Å². The van der Waals surface area contributed by atoms with Crippen LogP contribution in [0.2, 0.25) is 0 Å². The molecule has 0 spiro atoms. The summed E-state index contributed by atoms with van der Waals surface area (Å²) in [6.07, 6.45) is 1.69. The van der Waals surface area contributed by atoms with E-state index in [0.717, 1.165) is 5.03 Å². The van der Waals surface area contributed by atoms with Crippen LogP contribution >= 0.6 is 19.7 Å². The zero-order valence-electron chi connectivity index (χ0n) is 5.02. The molecule has 0 aromatic carbocycles. The van der Waals surface area contributed by atoms with E-state index in [9.17, 15) is 4.57 Å². The third-order valence-electron chi connectivity index (χ3n) is 0.825. The first-order valence-electron chi connectivity index (χ1n) is 2.58. The molecule has 1 rings (SSSR count). The Morgan fingerprint density at radius 3 is 3.10 bits per heavy atom. The molecule has 4 heteroatoms. The van der Waals surface area contributed by atoms with Crippen LogP contribution in [0, 0.1) is 4.96 Å². The Morgan fingerprint density at radius 1 is 1.60 bits per heavy atom. The fourth-order valence-corrected chi connectivity index (χ4v) is 1.26. The number of thioether (sulfide) groups is 1. The maximum atomic E-state index is 9.92. The van der Waals surface area contributed by atoms with Gasteiger partial charge in [-0.1, -0.05) is 0 Å². The Kier molecular flexibility index (Phi) is 3.31. The van der Waals surface area contributed by atoms with Crippen molar-refractivity contribution in [2.24, 2.45) is 0 Å². The van der Waals surface area contributed by atoms with E-state index >= 15 is 0 Å². The van der Waals surface area contributed by atoms with Crippen molar-refractivity contribution < 1.29 is 4.57 Å². The first kappa shape index (κ1) is 7.62. The van der Waals surface area contributed by atoms with Crippen LogP contribution in [0.4, 0.5) is 0 Å². The number of rotatable bonds is 1. The molecule has 0 atom stereocenters. The second kappa shape index (κ2) is 4.35. The SMILES string of the molecule is O=P#CSc1ccccn1. The van der Waals surface area contributed by atoms with Crippen molar-refractivity contribution in [1.82, 2.24) is 4.98 Å². The summed E-state index contributed by atoms with van der Waals surface area (Å²) in [6.45, 7) is 0. The molecule has 10 heavy (non-hydrogen) atoms. The second-order valence-electron chi connectivity index (χ2n) is 1.45. The minimum atomic E-state index is -0.0871. The molecule has 0 bridgehead atoms. The van der Waals surface area contributed by atoms with Crippen LogP contribution < -0.4 is 0 Å². The van der Waals surface area contributed by atoms with Gasteiger partial charge in [-0.25, -0.2) is 0 Å². The molecule has 1 aromatic heterocycles. The zero-order valence-corrected chi connectivity index (χ0v) is 6.73. The van der Waals surface area contributed by atoms with Gasteiger partial charge in [-0.15, -0.1) is 0 Å². The summed E-state index contributed by atoms with van der Waals surface area (Å²) in [4.78, 5) is 6.51. The maximum absolute atomic E-state index is 9.92. The van der Waals surface area contributed by atoms with Gasteiger partial charge in [0.05, 0.1) is 0 Å². The molecule has 1 heterocycles. The average Bonchev–Trinajstić information content (AvgIpc) is 2.03. The van der Waals surface area contributed by atoms with Gasteiger partial charge in [-0.05, 0) is 0 Å². The molecule has 0 saturated heterocycles. The molecule has 0 saturated carbocycles. The van der Waals surface area contributed by atoms with E-state index in [2.05, 4.69) is 9.94 Å². The van der Waals surface area contributed by atoms with Crippen molar-refractivity contribution in [1.29, 1.82) is 0 Å². The molecule has 0 unspecified atom stereocenters. The van der Waals surface area contributed by atoms with E-state index in [4.69, 9.17) is 0 Å². The third kappa shape index (κ3) is 2.40. The number of aromatic nitrogens is 1. The van der Waals surface area contributed by atoms with E-state index in [0.29, 0.717) is 0 Å². The van der Waals surface area contributed by atoms with Crippen molar-refractivity contribution in [3.05, 3.63) is 24.4 Å². The molecule has 2 nitrogen and oxygen atoms in total. The summed E-state index contributed by atoms with van der Waals surface area (Å²) in [7, 11) is -0.0871. The fraction of sp³-hybridized carbons (Fsp3) is 0. The molecule has 0 radical (unpaired) electrons. The third-order valence-corrected chi connectivity index (χ3v) is 1.94. The van der Waals surface area contributed by atoms with Crippen molar-refractivity contribution in [2.45, 2.75) is 5.03 Å². The van der Waals surface area contributed by atoms with Gasteiger partial charge in [0.25, 0.3) is 0 Å². The second-order valence-corrected chi connectivity index (χ2v) is 2.99. The van der Waals surface area contributed by atoms with E-state index in [1.807, 2.05) is 18.2 Å². The quantitative estimate of drug-likeness (QED) is 0.477. The normalized spacial score (nSPS) is 8.40. The molecule has 50 valence electrons. The molecule has 0 aliphatic carbocycles. The first-order chi connectivity index (χ1) is 4.93. The zero-order chi connectivity index (χ0) is 7.23. The van der Waals surface area contributed by atoms with Crippen molar-refractivity contribution in [2.75, 3.05) is 0 Å². The van der Waals surface area contributed by atoms with Crippen LogP contribution in [0.25, 0.3) is 0 Å². The summed E-state index contributed by atoms with van der Waals surface area (Å²) in [5.74, 6) is 0. The molecule has 0 amide bonds. The molecule has 0 aliphatic heterocycles. The molecule has 0 aliphatic rings. The number of hydrogen-bond acceptors (Lipinski definition) is 3. The fourth-order valence-electron chi connectivity index (χ4n) is 0.473. The minimum absolute atomic E-state index is 0.0871. The van der Waals surface area contributed by atoms with E-state index in [1.54, 1.807) is 6.20 Å². The number of pyridine rings is 1. The Hall–Kier alpha value is -0.490. The van der Waals surface area contributed by atoms with Crippen molar-refractivity contribution in [3.63, 3.8) is 0 Å². The molecule has 0 fully saturated rings. The van der Waals surface area contributed by atoms with E-state index in [-0.39, 0.29) is 7.92 Å². The van der Waals surface area contributed by atoms with Gasteiger partial charge >= 0.3 is 63.6 Å². The van der Waals surface area contributed by atoms with E-state index < -0.39 is 0 Å². The Balaban J connectivity index is 2.73. The van der Waals surface area contributed by atoms with Gasteiger partial charge in [-0.2, -0.15) is 0 Å².